The molecule has 0 saturated carbocycles. The predicted molar refractivity (Wildman–Crippen MR) is 119 cm³/mol. The Morgan fingerprint density at radius 3 is 2.30 bits per heavy atom. The molecule has 1 aliphatic rings. The second-order valence-corrected chi connectivity index (χ2v) is 8.11. The average molecular weight is 452 g/mol. The summed E-state index contributed by atoms with van der Waals surface area (Å²) in [6.07, 6.45) is 1.02. The zero-order chi connectivity index (χ0) is 23.4. The van der Waals surface area contributed by atoms with Gasteiger partial charge >= 0.3 is 6.18 Å². The molecule has 0 N–H and O–H groups in total. The first kappa shape index (κ1) is 22.7. The molecule has 0 bridgehead atoms. The van der Waals surface area contributed by atoms with Gasteiger partial charge in [0.1, 0.15) is 5.69 Å². The Balaban J connectivity index is 1.60. The summed E-state index contributed by atoms with van der Waals surface area (Å²) in [6, 6.07) is 16.4. The summed E-state index contributed by atoms with van der Waals surface area (Å²) in [5, 5.41) is 0. The number of aryl methyl sites for hydroxylation is 2. The number of ketones is 1. The van der Waals surface area contributed by atoms with E-state index >= 15 is 0 Å². The lowest BCUT2D eigenvalue weighted by molar-refractivity contribution is -0.141. The van der Waals surface area contributed by atoms with Gasteiger partial charge in [-0.25, -0.2) is 0 Å². The molecular formula is C26H23F3N2O2. The first-order valence-corrected chi connectivity index (χ1v) is 10.9. The van der Waals surface area contributed by atoms with Gasteiger partial charge in [0, 0.05) is 24.0 Å². The molecule has 0 aliphatic heterocycles. The van der Waals surface area contributed by atoms with Crippen molar-refractivity contribution in [3.05, 3.63) is 94.8 Å². The van der Waals surface area contributed by atoms with E-state index < -0.39 is 23.6 Å². The molecule has 0 radical (unpaired) electrons. The Hall–Kier alpha value is -3.48. The van der Waals surface area contributed by atoms with E-state index in [1.807, 2.05) is 18.2 Å². The van der Waals surface area contributed by atoms with Crippen LogP contribution in [0.15, 0.2) is 66.9 Å². The fourth-order valence-corrected chi connectivity index (χ4v) is 4.05. The molecule has 4 nitrogen and oxygen atoms in total. The number of fused-ring (bicyclic) bond motifs is 1. The van der Waals surface area contributed by atoms with Crippen LogP contribution < -0.4 is 4.90 Å². The molecule has 2 aromatic carbocycles. The fourth-order valence-electron chi connectivity index (χ4n) is 4.05. The molecule has 170 valence electrons. The van der Waals surface area contributed by atoms with Crippen LogP contribution in [0.25, 0.3) is 0 Å². The van der Waals surface area contributed by atoms with Gasteiger partial charge in [-0.3, -0.25) is 14.6 Å². The number of hydrogen-bond donors (Lipinski definition) is 0. The molecule has 0 saturated heterocycles. The molecular weight excluding hydrogens is 429 g/mol. The SMILES string of the molecule is O=C(C(=O)N(CCc1ccc(C(F)(F)F)nc1)c1ccc2c(c1)CCCC2)c1ccccc1. The number of aromatic nitrogens is 1. The monoisotopic (exact) mass is 452 g/mol. The third kappa shape index (κ3) is 5.30. The van der Waals surface area contributed by atoms with E-state index in [2.05, 4.69) is 4.98 Å². The number of nitrogens with zero attached hydrogens (tertiary/aromatic N) is 2. The van der Waals surface area contributed by atoms with Crippen LogP contribution in [0.1, 0.15) is 45.6 Å². The summed E-state index contributed by atoms with van der Waals surface area (Å²) < 4.78 is 38.4. The van der Waals surface area contributed by atoms with E-state index in [-0.39, 0.29) is 13.0 Å². The van der Waals surface area contributed by atoms with Crippen LogP contribution in [-0.2, 0) is 30.2 Å². The van der Waals surface area contributed by atoms with Crippen molar-refractivity contribution >= 4 is 17.4 Å². The van der Waals surface area contributed by atoms with E-state index in [0.29, 0.717) is 16.8 Å². The van der Waals surface area contributed by atoms with Crippen molar-refractivity contribution in [1.29, 1.82) is 0 Å². The second kappa shape index (κ2) is 9.57. The van der Waals surface area contributed by atoms with Crippen molar-refractivity contribution in [3.63, 3.8) is 0 Å². The number of anilines is 1. The van der Waals surface area contributed by atoms with Crippen LogP contribution in [-0.4, -0.2) is 23.2 Å². The van der Waals surface area contributed by atoms with Crippen molar-refractivity contribution in [3.8, 4) is 0 Å². The van der Waals surface area contributed by atoms with Gasteiger partial charge in [0.2, 0.25) is 0 Å². The summed E-state index contributed by atoms with van der Waals surface area (Å²) in [7, 11) is 0. The van der Waals surface area contributed by atoms with Crippen LogP contribution in [0.2, 0.25) is 0 Å². The van der Waals surface area contributed by atoms with Crippen LogP contribution in [0.3, 0.4) is 0 Å². The lowest BCUT2D eigenvalue weighted by atomic mass is 9.91. The Bertz CT molecular complexity index is 1140. The third-order valence-corrected chi connectivity index (χ3v) is 5.86. The number of pyridine rings is 1. The van der Waals surface area contributed by atoms with Crippen LogP contribution in [0.4, 0.5) is 18.9 Å². The molecule has 4 rings (SSSR count). The third-order valence-electron chi connectivity index (χ3n) is 5.86. The molecule has 0 spiro atoms. The maximum atomic E-state index is 13.2. The summed E-state index contributed by atoms with van der Waals surface area (Å²) in [5.41, 5.74) is 2.91. The molecule has 0 atom stereocenters. The summed E-state index contributed by atoms with van der Waals surface area (Å²) in [5.74, 6) is -1.30. The number of carbonyl (C=O) groups is 2. The fraction of sp³-hybridized carbons (Fsp3) is 0.269. The molecule has 7 heteroatoms. The number of amides is 1. The van der Waals surface area contributed by atoms with Crippen molar-refractivity contribution in [2.45, 2.75) is 38.3 Å². The van der Waals surface area contributed by atoms with Gasteiger partial charge in [-0.15, -0.1) is 0 Å². The van der Waals surface area contributed by atoms with E-state index in [0.717, 1.165) is 37.9 Å². The molecule has 1 heterocycles. The van der Waals surface area contributed by atoms with Crippen molar-refractivity contribution < 1.29 is 22.8 Å². The van der Waals surface area contributed by atoms with Crippen molar-refractivity contribution in [1.82, 2.24) is 4.98 Å². The second-order valence-electron chi connectivity index (χ2n) is 8.11. The van der Waals surface area contributed by atoms with Gasteiger partial charge in [-0.2, -0.15) is 13.2 Å². The van der Waals surface area contributed by atoms with Gasteiger partial charge in [0.25, 0.3) is 11.7 Å². The lowest BCUT2D eigenvalue weighted by Crippen LogP contribution is -2.38. The number of alkyl halides is 3. The van der Waals surface area contributed by atoms with Gasteiger partial charge in [0.15, 0.2) is 0 Å². The summed E-state index contributed by atoms with van der Waals surface area (Å²) in [6.45, 7) is 0.142. The van der Waals surface area contributed by atoms with Crippen LogP contribution in [0, 0.1) is 0 Å². The molecule has 1 aliphatic carbocycles. The first-order valence-electron chi connectivity index (χ1n) is 10.9. The highest BCUT2D eigenvalue weighted by Crippen LogP contribution is 2.28. The normalized spacial score (nSPS) is 13.3. The minimum Gasteiger partial charge on any atom is -0.305 e. The highest BCUT2D eigenvalue weighted by molar-refractivity contribution is 6.47. The Labute approximate surface area is 190 Å². The van der Waals surface area contributed by atoms with E-state index in [4.69, 9.17) is 0 Å². The largest absolute Gasteiger partial charge is 0.433 e. The van der Waals surface area contributed by atoms with E-state index in [1.54, 1.807) is 30.3 Å². The van der Waals surface area contributed by atoms with Crippen LogP contribution >= 0.6 is 0 Å². The van der Waals surface area contributed by atoms with E-state index in [1.165, 1.54) is 22.1 Å². The lowest BCUT2D eigenvalue weighted by Gasteiger charge is -2.25. The van der Waals surface area contributed by atoms with Crippen molar-refractivity contribution in [2.75, 3.05) is 11.4 Å². The molecule has 0 unspecified atom stereocenters. The molecule has 1 amide bonds. The zero-order valence-electron chi connectivity index (χ0n) is 17.9. The van der Waals surface area contributed by atoms with Gasteiger partial charge in [-0.1, -0.05) is 42.5 Å². The van der Waals surface area contributed by atoms with E-state index in [9.17, 15) is 22.8 Å². The number of carbonyl (C=O) groups excluding carboxylic acids is 2. The number of hydrogen-bond acceptors (Lipinski definition) is 3. The van der Waals surface area contributed by atoms with Crippen molar-refractivity contribution in [2.24, 2.45) is 0 Å². The van der Waals surface area contributed by atoms with Gasteiger partial charge in [-0.05, 0) is 67.0 Å². The predicted octanol–water partition coefficient (Wildman–Crippen LogP) is 5.44. The summed E-state index contributed by atoms with van der Waals surface area (Å²) >= 11 is 0. The maximum Gasteiger partial charge on any atom is 0.433 e. The standard InChI is InChI=1S/C26H23F3N2O2/c27-26(28,29)23-13-10-18(17-30-23)14-15-31(25(33)24(32)20-7-2-1-3-8-20)22-12-11-19-6-4-5-9-21(19)16-22/h1-3,7-8,10-13,16-17H,4-6,9,14-15H2. The topological polar surface area (TPSA) is 50.3 Å². The first-order chi connectivity index (χ1) is 15.8. The Kier molecular flexibility index (Phi) is 6.58. The average Bonchev–Trinajstić information content (AvgIpc) is 2.83. The molecule has 1 aromatic heterocycles. The van der Waals surface area contributed by atoms with Gasteiger partial charge in [0.05, 0.1) is 0 Å². The smallest absolute Gasteiger partial charge is 0.305 e. The minimum atomic E-state index is -4.51. The molecule has 0 fully saturated rings. The number of benzene rings is 2. The molecule has 33 heavy (non-hydrogen) atoms. The quantitative estimate of drug-likeness (QED) is 0.370. The zero-order valence-corrected chi connectivity index (χ0v) is 17.9. The number of rotatable bonds is 6. The van der Waals surface area contributed by atoms with Gasteiger partial charge < -0.3 is 4.90 Å². The number of Topliss-reactive ketones (excluding diaryl/α,β-unsaturated/α-hetero) is 1. The summed E-state index contributed by atoms with van der Waals surface area (Å²) in [4.78, 5) is 31.0. The minimum absolute atomic E-state index is 0.142. The number of halogens is 3. The highest BCUT2D eigenvalue weighted by atomic mass is 19.4. The van der Waals surface area contributed by atoms with Crippen LogP contribution in [0.5, 0.6) is 0 Å². The Morgan fingerprint density at radius 2 is 1.64 bits per heavy atom. The maximum absolute atomic E-state index is 13.2. The molecule has 3 aromatic rings. The Morgan fingerprint density at radius 1 is 0.909 bits per heavy atom. The highest BCUT2D eigenvalue weighted by Gasteiger charge is 2.32.